The van der Waals surface area contributed by atoms with Crippen LogP contribution < -0.4 is 16.4 Å². The molecule has 114 valence electrons. The Labute approximate surface area is 141 Å². The minimum Gasteiger partial charge on any atom is -0.300 e. The third-order valence-electron chi connectivity index (χ3n) is 5.10. The van der Waals surface area contributed by atoms with E-state index < -0.39 is 0 Å². The Hall–Kier alpha value is -2.81. The van der Waals surface area contributed by atoms with Crippen molar-refractivity contribution in [2.45, 2.75) is 13.8 Å². The SMILES string of the molecule is CC.c1ccc2c(c1)B1c3c-2cccc3-n2cnc3cccc1c32. The lowest BCUT2D eigenvalue weighted by Crippen LogP contribution is -2.53. The first-order valence-electron chi connectivity index (χ1n) is 8.62. The number of fused-ring (bicyclic) bond motifs is 5. The second-order valence-electron chi connectivity index (χ2n) is 6.09. The summed E-state index contributed by atoms with van der Waals surface area (Å²) in [5, 5.41) is 0. The maximum absolute atomic E-state index is 4.60. The summed E-state index contributed by atoms with van der Waals surface area (Å²) in [5.41, 5.74) is 10.6. The van der Waals surface area contributed by atoms with Crippen LogP contribution in [0.3, 0.4) is 0 Å². The van der Waals surface area contributed by atoms with Crippen molar-refractivity contribution in [2.24, 2.45) is 0 Å². The molecule has 2 nitrogen and oxygen atoms in total. The summed E-state index contributed by atoms with van der Waals surface area (Å²) < 4.78 is 2.26. The Morgan fingerprint density at radius 1 is 0.792 bits per heavy atom. The van der Waals surface area contributed by atoms with Crippen molar-refractivity contribution in [2.75, 3.05) is 0 Å². The molecule has 0 saturated carbocycles. The highest BCUT2D eigenvalue weighted by molar-refractivity contribution is 7.01. The van der Waals surface area contributed by atoms with Crippen molar-refractivity contribution in [3.05, 3.63) is 67.0 Å². The first kappa shape index (κ1) is 13.6. The van der Waals surface area contributed by atoms with E-state index in [-0.39, 0.29) is 0 Å². The van der Waals surface area contributed by atoms with Crippen LogP contribution in [-0.4, -0.2) is 16.3 Å². The molecule has 0 radical (unpaired) electrons. The quantitative estimate of drug-likeness (QED) is 0.395. The lowest BCUT2D eigenvalue weighted by molar-refractivity contribution is 1.10. The Morgan fingerprint density at radius 3 is 2.46 bits per heavy atom. The first-order chi connectivity index (χ1) is 11.9. The van der Waals surface area contributed by atoms with Crippen molar-refractivity contribution in [1.82, 2.24) is 9.55 Å². The molecule has 3 heteroatoms. The fourth-order valence-electron chi connectivity index (χ4n) is 4.28. The van der Waals surface area contributed by atoms with Crippen LogP contribution in [0.25, 0.3) is 27.8 Å². The molecule has 0 unspecified atom stereocenters. The number of hydrogen-bond acceptors (Lipinski definition) is 1. The van der Waals surface area contributed by atoms with Crippen molar-refractivity contribution in [3.8, 4) is 16.8 Å². The van der Waals surface area contributed by atoms with E-state index in [1.807, 2.05) is 20.2 Å². The van der Waals surface area contributed by atoms with Crippen LogP contribution >= 0.6 is 0 Å². The normalized spacial score (nSPS) is 12.5. The molecule has 3 heterocycles. The highest BCUT2D eigenvalue weighted by Crippen LogP contribution is 2.30. The van der Waals surface area contributed by atoms with Crippen molar-refractivity contribution in [1.29, 1.82) is 0 Å². The molecule has 0 atom stereocenters. The van der Waals surface area contributed by atoms with E-state index in [0.717, 1.165) is 5.52 Å². The number of rotatable bonds is 0. The zero-order chi connectivity index (χ0) is 16.3. The number of aromatic nitrogens is 2. The maximum atomic E-state index is 4.60. The van der Waals surface area contributed by atoms with Gasteiger partial charge < -0.3 is 0 Å². The molecule has 4 aromatic rings. The molecule has 0 aliphatic carbocycles. The largest absolute Gasteiger partial charge is 0.300 e. The van der Waals surface area contributed by atoms with Gasteiger partial charge in [0, 0.05) is 5.69 Å². The fourth-order valence-corrected chi connectivity index (χ4v) is 4.28. The molecule has 6 rings (SSSR count). The van der Waals surface area contributed by atoms with Crippen LogP contribution in [-0.2, 0) is 0 Å². The zero-order valence-corrected chi connectivity index (χ0v) is 13.8. The molecule has 0 spiro atoms. The van der Waals surface area contributed by atoms with E-state index in [9.17, 15) is 0 Å². The van der Waals surface area contributed by atoms with Gasteiger partial charge >= 0.3 is 0 Å². The molecule has 0 N–H and O–H groups in total. The number of hydrogen-bond donors (Lipinski definition) is 0. The minimum absolute atomic E-state index is 0.343. The molecule has 3 aromatic carbocycles. The van der Waals surface area contributed by atoms with Crippen LogP contribution in [0, 0.1) is 0 Å². The molecule has 2 aliphatic heterocycles. The van der Waals surface area contributed by atoms with Gasteiger partial charge in [0.05, 0.1) is 11.0 Å². The van der Waals surface area contributed by atoms with Gasteiger partial charge in [-0.25, -0.2) is 4.98 Å². The lowest BCUT2D eigenvalue weighted by Gasteiger charge is -2.23. The Morgan fingerprint density at radius 2 is 1.54 bits per heavy atom. The third kappa shape index (κ3) is 1.50. The summed E-state index contributed by atoms with van der Waals surface area (Å²) in [6.45, 7) is 4.34. The van der Waals surface area contributed by atoms with Gasteiger partial charge in [-0.15, -0.1) is 0 Å². The van der Waals surface area contributed by atoms with Gasteiger partial charge in [-0.1, -0.05) is 67.8 Å². The van der Waals surface area contributed by atoms with Crippen molar-refractivity contribution in [3.63, 3.8) is 0 Å². The lowest BCUT2D eigenvalue weighted by atomic mass is 9.37. The summed E-state index contributed by atoms with van der Waals surface area (Å²) in [6, 6.07) is 21.9. The monoisotopic (exact) mass is 308 g/mol. The second-order valence-corrected chi connectivity index (χ2v) is 6.09. The molecular weight excluding hydrogens is 291 g/mol. The van der Waals surface area contributed by atoms with Crippen LogP contribution in [0.1, 0.15) is 13.8 Å². The van der Waals surface area contributed by atoms with E-state index in [2.05, 4.69) is 70.2 Å². The molecule has 1 aromatic heterocycles. The van der Waals surface area contributed by atoms with E-state index in [4.69, 9.17) is 0 Å². The molecule has 0 saturated heterocycles. The predicted molar refractivity (Wildman–Crippen MR) is 103 cm³/mol. The van der Waals surface area contributed by atoms with E-state index >= 15 is 0 Å². The Balaban J connectivity index is 0.000000632. The van der Waals surface area contributed by atoms with Crippen LogP contribution in [0.4, 0.5) is 0 Å². The molecule has 0 amide bonds. The number of para-hydroxylation sites is 1. The molecule has 0 bridgehead atoms. The summed E-state index contributed by atoms with van der Waals surface area (Å²) >= 11 is 0. The van der Waals surface area contributed by atoms with Crippen LogP contribution in [0.15, 0.2) is 67.0 Å². The summed E-state index contributed by atoms with van der Waals surface area (Å²) in [6.07, 6.45) is 1.96. The predicted octanol–water partition coefficient (Wildman–Crippen LogP) is 2.86. The number of nitrogens with zero attached hydrogens (tertiary/aromatic N) is 2. The molecular formula is C21H17BN2. The highest BCUT2D eigenvalue weighted by Gasteiger charge is 2.39. The smallest absolute Gasteiger partial charge is 0.248 e. The van der Waals surface area contributed by atoms with Crippen LogP contribution in [0.2, 0.25) is 0 Å². The first-order valence-corrected chi connectivity index (χ1v) is 8.62. The Kier molecular flexibility index (Phi) is 2.75. The highest BCUT2D eigenvalue weighted by atomic mass is 15.1. The van der Waals surface area contributed by atoms with Gasteiger partial charge in [-0.05, 0) is 34.2 Å². The fraction of sp³-hybridized carbons (Fsp3) is 0.0952. The molecule has 24 heavy (non-hydrogen) atoms. The zero-order valence-electron chi connectivity index (χ0n) is 13.8. The maximum Gasteiger partial charge on any atom is 0.248 e. The number of benzene rings is 3. The summed E-state index contributed by atoms with van der Waals surface area (Å²) in [5.74, 6) is 0. The topological polar surface area (TPSA) is 17.8 Å². The van der Waals surface area contributed by atoms with Gasteiger partial charge in [0.2, 0.25) is 6.71 Å². The van der Waals surface area contributed by atoms with Gasteiger partial charge in [0.25, 0.3) is 0 Å². The summed E-state index contributed by atoms with van der Waals surface area (Å²) in [4.78, 5) is 4.60. The van der Waals surface area contributed by atoms with Gasteiger partial charge in [-0.3, -0.25) is 4.57 Å². The average Bonchev–Trinajstić information content (AvgIpc) is 3.23. The van der Waals surface area contributed by atoms with Gasteiger partial charge in [-0.2, -0.15) is 0 Å². The summed E-state index contributed by atoms with van der Waals surface area (Å²) in [7, 11) is 0. The van der Waals surface area contributed by atoms with Crippen molar-refractivity contribution >= 4 is 34.1 Å². The van der Waals surface area contributed by atoms with E-state index in [1.165, 1.54) is 38.7 Å². The molecule has 2 aliphatic rings. The van der Waals surface area contributed by atoms with Gasteiger partial charge in [0.15, 0.2) is 0 Å². The van der Waals surface area contributed by atoms with E-state index in [1.54, 1.807) is 0 Å². The Bertz CT molecular complexity index is 1090. The second kappa shape index (κ2) is 4.84. The van der Waals surface area contributed by atoms with Crippen molar-refractivity contribution < 1.29 is 0 Å². The third-order valence-corrected chi connectivity index (χ3v) is 5.10. The molecule has 0 fully saturated rings. The average molecular weight is 308 g/mol. The van der Waals surface area contributed by atoms with E-state index in [0.29, 0.717) is 6.71 Å². The minimum atomic E-state index is 0.343. The standard InChI is InChI=1S/C19H11BN2.C2H6/c1-2-7-14-12(5-1)13-6-3-10-17-18(13)20(14)15-8-4-9-16-19(15)22(17)11-21-16;1-2/h1-11H;1-2H3. The van der Waals surface area contributed by atoms with Gasteiger partial charge in [0.1, 0.15) is 6.33 Å². The number of imidazole rings is 1. The van der Waals surface area contributed by atoms with Crippen LogP contribution in [0.5, 0.6) is 0 Å².